The maximum absolute atomic E-state index is 12.3. The highest BCUT2D eigenvalue weighted by Gasteiger charge is 2.24. The molecule has 1 aliphatic heterocycles. The molecule has 1 aromatic heterocycles. The Morgan fingerprint density at radius 3 is 2.32 bits per heavy atom. The lowest BCUT2D eigenvalue weighted by atomic mass is 10.1. The van der Waals surface area contributed by atoms with Gasteiger partial charge in [0.05, 0.1) is 16.5 Å². The number of rotatable bonds is 3. The van der Waals surface area contributed by atoms with E-state index in [4.69, 9.17) is 5.26 Å². The molecule has 1 fully saturated rings. The van der Waals surface area contributed by atoms with Gasteiger partial charge in [-0.25, -0.2) is 0 Å². The smallest absolute Gasteiger partial charge is 0.264 e. The fourth-order valence-corrected chi connectivity index (χ4v) is 3.32. The van der Waals surface area contributed by atoms with Gasteiger partial charge in [-0.1, -0.05) is 18.2 Å². The van der Waals surface area contributed by atoms with Crippen LogP contribution >= 0.6 is 11.3 Å². The van der Waals surface area contributed by atoms with Gasteiger partial charge in [0.2, 0.25) is 5.91 Å². The molecule has 0 unspecified atom stereocenters. The third-order valence-corrected chi connectivity index (χ3v) is 4.93. The summed E-state index contributed by atoms with van der Waals surface area (Å²) in [6, 6.07) is 12.8. The van der Waals surface area contributed by atoms with Crippen LogP contribution in [0.3, 0.4) is 0 Å². The molecule has 0 spiro atoms. The molecule has 6 heteroatoms. The van der Waals surface area contributed by atoms with E-state index in [2.05, 4.69) is 6.07 Å². The minimum atomic E-state index is -0.0624. The number of hydrogen-bond acceptors (Lipinski definition) is 4. The zero-order valence-electron chi connectivity index (χ0n) is 13.6. The predicted octanol–water partition coefficient (Wildman–Crippen LogP) is 2.62. The summed E-state index contributed by atoms with van der Waals surface area (Å²) in [6.07, 6.45) is 3.28. The fourth-order valence-electron chi connectivity index (χ4n) is 2.63. The highest BCUT2D eigenvalue weighted by molar-refractivity contribution is 7.12. The van der Waals surface area contributed by atoms with Crippen molar-refractivity contribution in [2.24, 2.45) is 0 Å². The Morgan fingerprint density at radius 1 is 1.04 bits per heavy atom. The van der Waals surface area contributed by atoms with Crippen LogP contribution in [0.1, 0.15) is 20.8 Å². The van der Waals surface area contributed by atoms with Gasteiger partial charge in [0.25, 0.3) is 5.91 Å². The summed E-state index contributed by atoms with van der Waals surface area (Å²) >= 11 is 1.44. The Hall–Kier alpha value is -2.91. The van der Waals surface area contributed by atoms with Crippen molar-refractivity contribution in [3.8, 4) is 6.07 Å². The van der Waals surface area contributed by atoms with Crippen molar-refractivity contribution in [3.05, 3.63) is 63.9 Å². The number of hydrogen-bond donors (Lipinski definition) is 0. The summed E-state index contributed by atoms with van der Waals surface area (Å²) in [5, 5.41) is 10.7. The molecule has 2 heterocycles. The normalized spacial score (nSPS) is 14.5. The van der Waals surface area contributed by atoms with E-state index in [1.165, 1.54) is 17.4 Å². The average molecular weight is 351 g/mol. The van der Waals surface area contributed by atoms with Crippen molar-refractivity contribution in [1.82, 2.24) is 9.80 Å². The maximum Gasteiger partial charge on any atom is 0.264 e. The predicted molar refractivity (Wildman–Crippen MR) is 97.0 cm³/mol. The molecule has 1 saturated heterocycles. The van der Waals surface area contributed by atoms with Crippen LogP contribution in [0, 0.1) is 11.3 Å². The quantitative estimate of drug-likeness (QED) is 0.799. The molecule has 1 aromatic carbocycles. The molecule has 0 N–H and O–H groups in total. The summed E-state index contributed by atoms with van der Waals surface area (Å²) < 4.78 is 0. The number of carbonyl (C=O) groups is 2. The van der Waals surface area contributed by atoms with Crippen LogP contribution < -0.4 is 0 Å². The van der Waals surface area contributed by atoms with E-state index >= 15 is 0 Å². The lowest BCUT2D eigenvalue weighted by Gasteiger charge is -2.34. The first kappa shape index (κ1) is 16.9. The van der Waals surface area contributed by atoms with E-state index in [-0.39, 0.29) is 11.8 Å². The topological polar surface area (TPSA) is 64.4 Å². The molecular weight excluding hydrogens is 334 g/mol. The minimum Gasteiger partial charge on any atom is -0.336 e. The van der Waals surface area contributed by atoms with Gasteiger partial charge in [-0.05, 0) is 35.2 Å². The van der Waals surface area contributed by atoms with Crippen LogP contribution in [0.25, 0.3) is 6.08 Å². The van der Waals surface area contributed by atoms with Crippen molar-refractivity contribution >= 4 is 29.2 Å². The molecule has 5 nitrogen and oxygen atoms in total. The molecular formula is C19H17N3O2S. The average Bonchev–Trinajstić information content (AvgIpc) is 3.21. The largest absolute Gasteiger partial charge is 0.336 e. The minimum absolute atomic E-state index is 0.0372. The van der Waals surface area contributed by atoms with Crippen molar-refractivity contribution in [1.29, 1.82) is 5.26 Å². The molecule has 0 bridgehead atoms. The van der Waals surface area contributed by atoms with Crippen molar-refractivity contribution in [2.45, 2.75) is 0 Å². The molecule has 2 aromatic rings. The number of amides is 2. The van der Waals surface area contributed by atoms with Crippen LogP contribution in [0.2, 0.25) is 0 Å². The summed E-state index contributed by atoms with van der Waals surface area (Å²) in [7, 11) is 0. The summed E-state index contributed by atoms with van der Waals surface area (Å²) in [6.45, 7) is 2.17. The van der Waals surface area contributed by atoms with Gasteiger partial charge in [-0.2, -0.15) is 5.26 Å². The van der Waals surface area contributed by atoms with Gasteiger partial charge in [-0.15, -0.1) is 11.3 Å². The van der Waals surface area contributed by atoms with Crippen molar-refractivity contribution in [2.75, 3.05) is 26.2 Å². The van der Waals surface area contributed by atoms with Crippen LogP contribution in [-0.4, -0.2) is 47.8 Å². The lowest BCUT2D eigenvalue weighted by Crippen LogP contribution is -2.50. The van der Waals surface area contributed by atoms with E-state index in [0.717, 1.165) is 10.4 Å². The van der Waals surface area contributed by atoms with Gasteiger partial charge in [0, 0.05) is 32.3 Å². The number of benzene rings is 1. The number of piperazine rings is 1. The van der Waals surface area contributed by atoms with Crippen LogP contribution in [-0.2, 0) is 4.79 Å². The first-order valence-corrected chi connectivity index (χ1v) is 8.85. The number of thiophene rings is 1. The van der Waals surface area contributed by atoms with E-state index in [1.54, 1.807) is 40.1 Å². The monoisotopic (exact) mass is 351 g/mol. The second kappa shape index (κ2) is 7.77. The third-order valence-electron chi connectivity index (χ3n) is 4.07. The van der Waals surface area contributed by atoms with Crippen molar-refractivity contribution < 1.29 is 9.59 Å². The maximum atomic E-state index is 12.3. The van der Waals surface area contributed by atoms with Crippen LogP contribution in [0.5, 0.6) is 0 Å². The van der Waals surface area contributed by atoms with E-state index in [1.807, 2.05) is 17.5 Å². The zero-order chi connectivity index (χ0) is 17.6. The standard InChI is InChI=1S/C19H17N3O2S/c20-14-16-5-3-15(4-6-16)7-8-18(23)21-9-11-22(12-10-21)19(24)17-2-1-13-25-17/h1-8,13H,9-12H2. The van der Waals surface area contributed by atoms with Gasteiger partial charge in [-0.3, -0.25) is 9.59 Å². The van der Waals surface area contributed by atoms with Gasteiger partial charge >= 0.3 is 0 Å². The second-order valence-electron chi connectivity index (χ2n) is 5.66. The molecule has 0 aliphatic carbocycles. The Labute approximate surface area is 150 Å². The molecule has 0 radical (unpaired) electrons. The Bertz CT molecular complexity index is 811. The Balaban J connectivity index is 1.53. The van der Waals surface area contributed by atoms with E-state index in [9.17, 15) is 9.59 Å². The zero-order valence-corrected chi connectivity index (χ0v) is 14.4. The highest BCUT2D eigenvalue weighted by atomic mass is 32.1. The SMILES string of the molecule is N#Cc1ccc(C=CC(=O)N2CCN(C(=O)c3cccs3)CC2)cc1. The first-order chi connectivity index (χ1) is 12.2. The third kappa shape index (κ3) is 4.14. The first-order valence-electron chi connectivity index (χ1n) is 7.97. The molecule has 1 aliphatic rings. The van der Waals surface area contributed by atoms with Crippen molar-refractivity contribution in [3.63, 3.8) is 0 Å². The van der Waals surface area contributed by atoms with Gasteiger partial charge < -0.3 is 9.80 Å². The molecule has 2 amide bonds. The summed E-state index contributed by atoms with van der Waals surface area (Å²) in [5.74, 6) is -0.0252. The summed E-state index contributed by atoms with van der Waals surface area (Å²) in [4.78, 5) is 28.9. The molecule has 3 rings (SSSR count). The molecule has 25 heavy (non-hydrogen) atoms. The highest BCUT2D eigenvalue weighted by Crippen LogP contribution is 2.14. The van der Waals surface area contributed by atoms with Gasteiger partial charge in [0.15, 0.2) is 0 Å². The Morgan fingerprint density at radius 2 is 1.72 bits per heavy atom. The number of carbonyl (C=O) groups excluding carboxylic acids is 2. The summed E-state index contributed by atoms with van der Waals surface area (Å²) in [5.41, 5.74) is 1.47. The lowest BCUT2D eigenvalue weighted by molar-refractivity contribution is -0.127. The van der Waals surface area contributed by atoms with Crippen LogP contribution in [0.4, 0.5) is 0 Å². The van der Waals surface area contributed by atoms with E-state index < -0.39 is 0 Å². The van der Waals surface area contributed by atoms with Gasteiger partial charge in [0.1, 0.15) is 0 Å². The number of nitriles is 1. The molecule has 0 atom stereocenters. The van der Waals surface area contributed by atoms with Crippen LogP contribution in [0.15, 0.2) is 47.9 Å². The molecule has 126 valence electrons. The second-order valence-corrected chi connectivity index (χ2v) is 6.61. The van der Waals surface area contributed by atoms with E-state index in [0.29, 0.717) is 31.7 Å². The number of nitrogens with zero attached hydrogens (tertiary/aromatic N) is 3. The fraction of sp³-hybridized carbons (Fsp3) is 0.211. The molecule has 0 saturated carbocycles. The Kier molecular flexibility index (Phi) is 5.26.